The second kappa shape index (κ2) is 9.00. The molecule has 0 unspecified atom stereocenters. The summed E-state index contributed by atoms with van der Waals surface area (Å²) in [7, 11) is 0. The summed E-state index contributed by atoms with van der Waals surface area (Å²) in [4.78, 5) is 37.2. The Morgan fingerprint density at radius 1 is 1.30 bits per heavy atom. The van der Waals surface area contributed by atoms with Crippen molar-refractivity contribution < 1.29 is 32.3 Å². The summed E-state index contributed by atoms with van der Waals surface area (Å²) in [6, 6.07) is 1.69. The third kappa shape index (κ3) is 5.48. The third-order valence-corrected chi connectivity index (χ3v) is 5.01. The molecule has 30 heavy (non-hydrogen) atoms. The van der Waals surface area contributed by atoms with Crippen LogP contribution < -0.4 is 21.3 Å². The van der Waals surface area contributed by atoms with Gasteiger partial charge in [-0.05, 0) is 37.1 Å². The molecule has 1 saturated carbocycles. The SMILES string of the molecule is NC(=O)[C@@H](NCCC1CC1)C(=O)Nc1ccc(N2CCOCC2=O)cc1C(F)(F)F. The maximum absolute atomic E-state index is 13.6. The van der Waals surface area contributed by atoms with Gasteiger partial charge in [-0.15, -0.1) is 0 Å². The summed E-state index contributed by atoms with van der Waals surface area (Å²) in [6.07, 6.45) is -1.87. The predicted molar refractivity (Wildman–Crippen MR) is 102 cm³/mol. The van der Waals surface area contributed by atoms with Gasteiger partial charge in [-0.1, -0.05) is 12.8 Å². The topological polar surface area (TPSA) is 114 Å². The lowest BCUT2D eigenvalue weighted by molar-refractivity contribution is -0.137. The van der Waals surface area contributed by atoms with Gasteiger partial charge in [-0.25, -0.2) is 0 Å². The minimum atomic E-state index is -4.80. The number of primary amides is 1. The van der Waals surface area contributed by atoms with Crippen LogP contribution in [0, 0.1) is 5.92 Å². The Kier molecular flexibility index (Phi) is 6.61. The highest BCUT2D eigenvalue weighted by Gasteiger charge is 2.36. The molecular formula is C19H23F3N4O4. The molecule has 1 saturated heterocycles. The minimum Gasteiger partial charge on any atom is -0.370 e. The summed E-state index contributed by atoms with van der Waals surface area (Å²) in [5.41, 5.74) is 3.64. The molecule has 11 heteroatoms. The molecule has 0 spiro atoms. The Morgan fingerprint density at radius 3 is 2.63 bits per heavy atom. The normalized spacial score (nSPS) is 18.2. The molecule has 1 aromatic carbocycles. The lowest BCUT2D eigenvalue weighted by atomic mass is 10.1. The Morgan fingerprint density at radius 2 is 2.03 bits per heavy atom. The van der Waals surface area contributed by atoms with E-state index in [1.165, 1.54) is 11.0 Å². The number of nitrogens with one attached hydrogen (secondary N) is 2. The second-order valence-electron chi connectivity index (χ2n) is 7.34. The predicted octanol–water partition coefficient (Wildman–Crippen LogP) is 1.25. The van der Waals surface area contributed by atoms with E-state index >= 15 is 0 Å². The van der Waals surface area contributed by atoms with E-state index in [1.54, 1.807) is 0 Å². The molecule has 8 nitrogen and oxygen atoms in total. The van der Waals surface area contributed by atoms with Crippen molar-refractivity contribution >= 4 is 29.1 Å². The van der Waals surface area contributed by atoms with Crippen LogP contribution in [0.1, 0.15) is 24.8 Å². The molecule has 2 fully saturated rings. The van der Waals surface area contributed by atoms with E-state index in [0.29, 0.717) is 12.5 Å². The van der Waals surface area contributed by atoms with Crippen LogP contribution in [0.2, 0.25) is 0 Å². The van der Waals surface area contributed by atoms with Gasteiger partial charge in [-0.2, -0.15) is 13.2 Å². The van der Waals surface area contributed by atoms with Gasteiger partial charge >= 0.3 is 6.18 Å². The monoisotopic (exact) mass is 428 g/mol. The molecule has 1 aromatic rings. The molecule has 3 rings (SSSR count). The number of hydrogen-bond donors (Lipinski definition) is 3. The van der Waals surface area contributed by atoms with Gasteiger partial charge in [0.15, 0.2) is 6.04 Å². The van der Waals surface area contributed by atoms with Crippen molar-refractivity contribution in [2.45, 2.75) is 31.5 Å². The lowest BCUT2D eigenvalue weighted by Gasteiger charge is -2.28. The number of carbonyl (C=O) groups excluding carboxylic acids is 3. The number of morpholine rings is 1. The summed E-state index contributed by atoms with van der Waals surface area (Å²) in [6.45, 7) is 0.470. The zero-order valence-electron chi connectivity index (χ0n) is 16.1. The Labute approximate surface area is 170 Å². The molecule has 1 aliphatic heterocycles. The molecular weight excluding hydrogens is 405 g/mol. The van der Waals surface area contributed by atoms with Crippen LogP contribution in [0.15, 0.2) is 18.2 Å². The van der Waals surface area contributed by atoms with Crippen molar-refractivity contribution in [3.63, 3.8) is 0 Å². The van der Waals surface area contributed by atoms with Gasteiger partial charge in [0.25, 0.3) is 11.8 Å². The van der Waals surface area contributed by atoms with E-state index < -0.39 is 41.2 Å². The number of rotatable bonds is 8. The fourth-order valence-corrected chi connectivity index (χ4v) is 3.20. The van der Waals surface area contributed by atoms with Crippen LogP contribution in [0.5, 0.6) is 0 Å². The highest BCUT2D eigenvalue weighted by atomic mass is 19.4. The van der Waals surface area contributed by atoms with E-state index in [4.69, 9.17) is 10.5 Å². The van der Waals surface area contributed by atoms with E-state index in [2.05, 4.69) is 10.6 Å². The third-order valence-electron chi connectivity index (χ3n) is 5.01. The fraction of sp³-hybridized carbons (Fsp3) is 0.526. The average Bonchev–Trinajstić information content (AvgIpc) is 3.49. The van der Waals surface area contributed by atoms with E-state index in [9.17, 15) is 27.6 Å². The molecule has 1 heterocycles. The summed E-state index contributed by atoms with van der Waals surface area (Å²) in [5, 5.41) is 4.85. The summed E-state index contributed by atoms with van der Waals surface area (Å²) < 4.78 is 45.8. The number of ether oxygens (including phenoxy) is 1. The number of benzene rings is 1. The number of alkyl halides is 3. The first-order valence-electron chi connectivity index (χ1n) is 9.59. The van der Waals surface area contributed by atoms with Crippen LogP contribution >= 0.6 is 0 Å². The average molecular weight is 428 g/mol. The molecule has 4 N–H and O–H groups in total. The summed E-state index contributed by atoms with van der Waals surface area (Å²) in [5.74, 6) is -1.87. The van der Waals surface area contributed by atoms with Crippen molar-refractivity contribution in [2.24, 2.45) is 11.7 Å². The number of anilines is 2. The first kappa shape index (κ1) is 22.0. The molecule has 3 amide bonds. The van der Waals surface area contributed by atoms with Gasteiger partial charge < -0.3 is 20.7 Å². The number of halogens is 3. The van der Waals surface area contributed by atoms with Crippen molar-refractivity contribution in [1.29, 1.82) is 0 Å². The van der Waals surface area contributed by atoms with Crippen molar-refractivity contribution in [3.8, 4) is 0 Å². The van der Waals surface area contributed by atoms with Gasteiger partial charge in [0.05, 0.1) is 17.9 Å². The number of nitrogens with zero attached hydrogens (tertiary/aromatic N) is 1. The van der Waals surface area contributed by atoms with E-state index in [-0.39, 0.29) is 25.4 Å². The van der Waals surface area contributed by atoms with E-state index in [1.807, 2.05) is 0 Å². The molecule has 1 atom stereocenters. The van der Waals surface area contributed by atoms with E-state index in [0.717, 1.165) is 31.4 Å². The van der Waals surface area contributed by atoms with Crippen molar-refractivity contribution in [1.82, 2.24) is 5.32 Å². The summed E-state index contributed by atoms with van der Waals surface area (Å²) >= 11 is 0. The van der Waals surface area contributed by atoms with Crippen LogP contribution in [-0.4, -0.2) is 50.1 Å². The van der Waals surface area contributed by atoms with Gasteiger partial charge in [-0.3, -0.25) is 19.7 Å². The number of nitrogens with two attached hydrogens (primary N) is 1. The quantitative estimate of drug-likeness (QED) is 0.540. The highest BCUT2D eigenvalue weighted by Crippen LogP contribution is 2.37. The highest BCUT2D eigenvalue weighted by molar-refractivity contribution is 6.10. The minimum absolute atomic E-state index is 0.0441. The molecule has 1 aliphatic carbocycles. The lowest BCUT2D eigenvalue weighted by Crippen LogP contribution is -2.50. The first-order valence-corrected chi connectivity index (χ1v) is 9.59. The van der Waals surface area contributed by atoms with Crippen LogP contribution in [0.4, 0.5) is 24.5 Å². The standard InChI is InChI=1S/C19H23F3N4O4/c20-19(21,22)13-9-12(26-7-8-30-10-15(26)27)3-4-14(13)25-18(29)16(17(23)28)24-6-5-11-1-2-11/h3-4,9,11,16,24H,1-2,5-8,10H2,(H2,23,28)(H,25,29)/t16-/m1/s1. The first-order chi connectivity index (χ1) is 14.2. The zero-order valence-corrected chi connectivity index (χ0v) is 16.1. The molecule has 0 aromatic heterocycles. The molecule has 164 valence electrons. The number of hydrogen-bond acceptors (Lipinski definition) is 5. The van der Waals surface area contributed by atoms with Gasteiger partial charge in [0.1, 0.15) is 6.61 Å². The Balaban J connectivity index is 1.78. The van der Waals surface area contributed by atoms with Crippen molar-refractivity contribution in [2.75, 3.05) is 36.5 Å². The largest absolute Gasteiger partial charge is 0.418 e. The Hall–Kier alpha value is -2.66. The van der Waals surface area contributed by atoms with Crippen LogP contribution in [0.25, 0.3) is 0 Å². The molecule has 2 aliphatic rings. The van der Waals surface area contributed by atoms with Crippen LogP contribution in [-0.2, 0) is 25.3 Å². The van der Waals surface area contributed by atoms with Crippen LogP contribution in [0.3, 0.4) is 0 Å². The number of amides is 3. The zero-order chi connectivity index (χ0) is 21.9. The van der Waals surface area contributed by atoms with Gasteiger partial charge in [0, 0.05) is 12.2 Å². The maximum atomic E-state index is 13.6. The Bertz CT molecular complexity index is 826. The molecule has 0 bridgehead atoms. The fourth-order valence-electron chi connectivity index (χ4n) is 3.20. The number of carbonyl (C=O) groups is 3. The second-order valence-corrected chi connectivity index (χ2v) is 7.34. The maximum Gasteiger partial charge on any atom is 0.418 e. The van der Waals surface area contributed by atoms with Crippen molar-refractivity contribution in [3.05, 3.63) is 23.8 Å². The molecule has 0 radical (unpaired) electrons. The van der Waals surface area contributed by atoms with Gasteiger partial charge in [0.2, 0.25) is 5.91 Å². The smallest absolute Gasteiger partial charge is 0.370 e.